The molecule has 0 radical (unpaired) electrons. The van der Waals surface area contributed by atoms with Gasteiger partial charge in [0.1, 0.15) is 17.6 Å². The number of H-pyrrole nitrogens is 1. The molecule has 1 aliphatic heterocycles. The summed E-state index contributed by atoms with van der Waals surface area (Å²) < 4.78 is 6.33. The average Bonchev–Trinajstić information content (AvgIpc) is 3.25. The number of nitrogens with one attached hydrogen (secondary N) is 1. The van der Waals surface area contributed by atoms with Gasteiger partial charge in [0.05, 0.1) is 12.3 Å². The van der Waals surface area contributed by atoms with E-state index in [0.717, 1.165) is 4.90 Å². The van der Waals surface area contributed by atoms with Crippen molar-refractivity contribution < 1.29 is 14.3 Å². The van der Waals surface area contributed by atoms with Crippen LogP contribution in [0.25, 0.3) is 0 Å². The number of carbonyl (C=O) groups excluding carboxylic acids is 2. The van der Waals surface area contributed by atoms with Crippen LogP contribution in [-0.2, 0) is 20.9 Å². The van der Waals surface area contributed by atoms with E-state index < -0.39 is 29.1 Å². The standard InChI is InChI=1S/C22H29N7O5/c1-13(2)12-28-18(23)17(20(31)25-22(28)33)27(9-10-34-3)21(32)15-11-16(19(24)30)29(26-15)14-7-5-4-6-8-14/h4-8,13,16H,9-12,23H2,1-3H3,(H2,24,30)(H,25,31,33). The molecule has 1 unspecified atom stereocenters. The molecule has 0 aliphatic carbocycles. The van der Waals surface area contributed by atoms with Crippen molar-refractivity contribution >= 4 is 34.7 Å². The number of amides is 2. The predicted octanol–water partition coefficient (Wildman–Crippen LogP) is -0.126. The van der Waals surface area contributed by atoms with Crippen LogP contribution in [0.4, 0.5) is 17.2 Å². The number of rotatable bonds is 9. The zero-order valence-corrected chi connectivity index (χ0v) is 19.4. The Balaban J connectivity index is 2.07. The van der Waals surface area contributed by atoms with Crippen molar-refractivity contribution in [1.29, 1.82) is 0 Å². The SMILES string of the molecule is COCCN(C(=O)C1=NN(c2ccccc2)C(C(N)=O)C1)c1c(N)n(CC(C)C)c(=O)[nH]c1=O. The van der Waals surface area contributed by atoms with Gasteiger partial charge >= 0.3 is 5.69 Å². The fourth-order valence-corrected chi connectivity index (χ4v) is 3.72. The van der Waals surface area contributed by atoms with Crippen LogP contribution in [-0.4, -0.2) is 53.4 Å². The Morgan fingerprint density at radius 1 is 1.26 bits per heavy atom. The van der Waals surface area contributed by atoms with E-state index in [1.807, 2.05) is 19.9 Å². The van der Waals surface area contributed by atoms with Gasteiger partial charge in [-0.25, -0.2) is 4.79 Å². The Morgan fingerprint density at radius 2 is 1.94 bits per heavy atom. The minimum absolute atomic E-state index is 0.0177. The number of benzene rings is 1. The van der Waals surface area contributed by atoms with Crippen molar-refractivity contribution in [2.75, 3.05) is 35.9 Å². The van der Waals surface area contributed by atoms with Crippen molar-refractivity contribution in [3.63, 3.8) is 0 Å². The third-order valence-electron chi connectivity index (χ3n) is 5.30. The first kappa shape index (κ1) is 24.7. The molecule has 1 aromatic carbocycles. The van der Waals surface area contributed by atoms with Gasteiger partial charge in [0.25, 0.3) is 11.5 Å². The number of para-hydroxylation sites is 1. The minimum atomic E-state index is -0.879. The van der Waals surface area contributed by atoms with Crippen molar-refractivity contribution in [3.8, 4) is 0 Å². The number of nitrogen functional groups attached to an aromatic ring is 1. The van der Waals surface area contributed by atoms with Crippen molar-refractivity contribution in [1.82, 2.24) is 9.55 Å². The molecule has 0 saturated heterocycles. The van der Waals surface area contributed by atoms with E-state index in [1.165, 1.54) is 16.7 Å². The molecule has 1 aromatic heterocycles. The van der Waals surface area contributed by atoms with E-state index in [0.29, 0.717) is 5.69 Å². The minimum Gasteiger partial charge on any atom is -0.383 e. The summed E-state index contributed by atoms with van der Waals surface area (Å²) in [4.78, 5) is 54.2. The molecular weight excluding hydrogens is 442 g/mol. The molecule has 0 fully saturated rings. The van der Waals surface area contributed by atoms with Gasteiger partial charge in [-0.3, -0.25) is 33.8 Å². The Morgan fingerprint density at radius 3 is 2.53 bits per heavy atom. The quantitative estimate of drug-likeness (QED) is 0.457. The maximum Gasteiger partial charge on any atom is 0.330 e. The second kappa shape index (κ2) is 10.3. The fourth-order valence-electron chi connectivity index (χ4n) is 3.72. The van der Waals surface area contributed by atoms with Crippen LogP contribution >= 0.6 is 0 Å². The van der Waals surface area contributed by atoms with Crippen LogP contribution in [0.15, 0.2) is 45.0 Å². The maximum atomic E-state index is 13.6. The molecule has 12 nitrogen and oxygen atoms in total. The lowest BCUT2D eigenvalue weighted by Crippen LogP contribution is -2.45. The number of aromatic nitrogens is 2. The Kier molecular flexibility index (Phi) is 7.51. The van der Waals surface area contributed by atoms with Gasteiger partial charge in [0, 0.05) is 26.6 Å². The Hall–Kier alpha value is -3.93. The third-order valence-corrected chi connectivity index (χ3v) is 5.30. The van der Waals surface area contributed by atoms with Crippen molar-refractivity contribution in [3.05, 3.63) is 51.2 Å². The zero-order chi connectivity index (χ0) is 25.0. The number of hydrogen-bond acceptors (Lipinski definition) is 8. The second-order valence-electron chi connectivity index (χ2n) is 8.30. The number of hydrogen-bond donors (Lipinski definition) is 3. The molecule has 2 amide bonds. The van der Waals surface area contributed by atoms with E-state index in [2.05, 4.69) is 10.1 Å². The molecule has 0 bridgehead atoms. The number of anilines is 3. The highest BCUT2D eigenvalue weighted by Gasteiger charge is 2.38. The lowest BCUT2D eigenvalue weighted by Gasteiger charge is -2.24. The number of ether oxygens (including phenoxy) is 1. The highest BCUT2D eigenvalue weighted by atomic mass is 16.5. The molecule has 3 rings (SSSR count). The maximum absolute atomic E-state index is 13.6. The highest BCUT2D eigenvalue weighted by Crippen LogP contribution is 2.26. The summed E-state index contributed by atoms with van der Waals surface area (Å²) >= 11 is 0. The number of hydrazone groups is 1. The van der Waals surface area contributed by atoms with Crippen LogP contribution in [0, 0.1) is 5.92 Å². The average molecular weight is 472 g/mol. The lowest BCUT2D eigenvalue weighted by molar-refractivity contribution is -0.119. The van der Waals surface area contributed by atoms with E-state index >= 15 is 0 Å². The fraction of sp³-hybridized carbons (Fsp3) is 0.409. The highest BCUT2D eigenvalue weighted by molar-refractivity contribution is 6.45. The van der Waals surface area contributed by atoms with Gasteiger partial charge in [0.15, 0.2) is 5.69 Å². The van der Waals surface area contributed by atoms with Crippen LogP contribution in [0.1, 0.15) is 20.3 Å². The zero-order valence-electron chi connectivity index (χ0n) is 19.4. The Bertz CT molecular complexity index is 1200. The Labute approximate surface area is 195 Å². The molecule has 2 heterocycles. The summed E-state index contributed by atoms with van der Waals surface area (Å²) in [5.41, 5.74) is 10.7. The predicted molar refractivity (Wildman–Crippen MR) is 129 cm³/mol. The molecule has 0 saturated carbocycles. The van der Waals surface area contributed by atoms with Gasteiger partial charge < -0.3 is 16.2 Å². The van der Waals surface area contributed by atoms with Gasteiger partial charge in [-0.1, -0.05) is 32.0 Å². The lowest BCUT2D eigenvalue weighted by atomic mass is 10.1. The van der Waals surface area contributed by atoms with Gasteiger partial charge in [0.2, 0.25) is 5.91 Å². The van der Waals surface area contributed by atoms with Gasteiger partial charge in [-0.05, 0) is 18.1 Å². The molecule has 182 valence electrons. The third kappa shape index (κ3) is 5.01. The van der Waals surface area contributed by atoms with Crippen LogP contribution < -0.4 is 32.6 Å². The van der Waals surface area contributed by atoms with Crippen molar-refractivity contribution in [2.45, 2.75) is 32.9 Å². The van der Waals surface area contributed by atoms with Gasteiger partial charge in [-0.15, -0.1) is 0 Å². The van der Waals surface area contributed by atoms with E-state index in [1.54, 1.807) is 24.3 Å². The number of nitrogens with zero attached hydrogens (tertiary/aromatic N) is 4. The summed E-state index contributed by atoms with van der Waals surface area (Å²) in [6, 6.07) is 7.94. The van der Waals surface area contributed by atoms with Crippen LogP contribution in [0.5, 0.6) is 0 Å². The van der Waals surface area contributed by atoms with Crippen LogP contribution in [0.2, 0.25) is 0 Å². The molecule has 2 aromatic rings. The number of primary amides is 1. The molecule has 0 spiro atoms. The van der Waals surface area contributed by atoms with Crippen LogP contribution in [0.3, 0.4) is 0 Å². The summed E-state index contributed by atoms with van der Waals surface area (Å²) in [6.45, 7) is 4.07. The molecule has 1 atom stereocenters. The van der Waals surface area contributed by atoms with E-state index in [9.17, 15) is 19.2 Å². The summed E-state index contributed by atoms with van der Waals surface area (Å²) in [6.07, 6.45) is -0.0595. The second-order valence-corrected chi connectivity index (χ2v) is 8.30. The van der Waals surface area contributed by atoms with E-state index in [4.69, 9.17) is 16.2 Å². The first-order valence-electron chi connectivity index (χ1n) is 10.8. The topological polar surface area (TPSA) is 169 Å². The molecular formula is C22H29N7O5. The number of methoxy groups -OCH3 is 1. The van der Waals surface area contributed by atoms with Crippen molar-refractivity contribution in [2.24, 2.45) is 16.8 Å². The number of carbonyl (C=O) groups is 2. The normalized spacial score (nSPS) is 15.5. The smallest absolute Gasteiger partial charge is 0.330 e. The summed E-state index contributed by atoms with van der Waals surface area (Å²) in [5, 5.41) is 5.74. The van der Waals surface area contributed by atoms with E-state index in [-0.39, 0.29) is 49.3 Å². The number of nitrogens with two attached hydrogens (primary N) is 2. The number of aromatic amines is 1. The monoisotopic (exact) mass is 471 g/mol. The molecule has 5 N–H and O–H groups in total. The first-order chi connectivity index (χ1) is 16.1. The molecule has 12 heteroatoms. The largest absolute Gasteiger partial charge is 0.383 e. The first-order valence-corrected chi connectivity index (χ1v) is 10.8. The summed E-state index contributed by atoms with van der Waals surface area (Å²) in [5.74, 6) is -1.39. The molecule has 1 aliphatic rings. The summed E-state index contributed by atoms with van der Waals surface area (Å²) in [7, 11) is 1.45. The molecule has 34 heavy (non-hydrogen) atoms. The van der Waals surface area contributed by atoms with Gasteiger partial charge in [-0.2, -0.15) is 5.10 Å².